The van der Waals surface area contributed by atoms with Crippen LogP contribution in [-0.2, 0) is 10.0 Å². The number of nitrogens with zero attached hydrogens (tertiary/aromatic N) is 3. The van der Waals surface area contributed by atoms with E-state index in [9.17, 15) is 8.42 Å². The van der Waals surface area contributed by atoms with Crippen LogP contribution in [0.5, 0.6) is 0 Å². The van der Waals surface area contributed by atoms with Crippen molar-refractivity contribution in [3.8, 4) is 11.1 Å². The van der Waals surface area contributed by atoms with Gasteiger partial charge in [0.15, 0.2) is 5.58 Å². The van der Waals surface area contributed by atoms with E-state index in [0.29, 0.717) is 30.0 Å². The zero-order valence-electron chi connectivity index (χ0n) is 15.9. The van der Waals surface area contributed by atoms with Crippen LogP contribution in [0.1, 0.15) is 24.8 Å². The fraction of sp³-hybridized carbons (Fsp3) is 0.182. The summed E-state index contributed by atoms with van der Waals surface area (Å²) in [5.74, 6) is 0.437. The van der Waals surface area contributed by atoms with Gasteiger partial charge in [-0.3, -0.25) is 4.98 Å². The number of aromatic nitrogens is 2. The first-order valence-electron chi connectivity index (χ1n) is 9.61. The Labute approximate surface area is 182 Å². The monoisotopic (exact) mass is 483 g/mol. The van der Waals surface area contributed by atoms with Gasteiger partial charge in [-0.15, -0.1) is 0 Å². The molecule has 4 aromatic rings. The Balaban J connectivity index is 1.50. The lowest BCUT2D eigenvalue weighted by molar-refractivity contribution is 0.337. The molecule has 0 aliphatic carbocycles. The van der Waals surface area contributed by atoms with Crippen molar-refractivity contribution in [2.45, 2.75) is 23.8 Å². The predicted molar refractivity (Wildman–Crippen MR) is 117 cm³/mol. The fourth-order valence-electron chi connectivity index (χ4n) is 3.82. The van der Waals surface area contributed by atoms with Crippen LogP contribution in [0.2, 0.25) is 0 Å². The van der Waals surface area contributed by atoms with E-state index in [1.807, 2.05) is 30.3 Å². The van der Waals surface area contributed by atoms with Crippen molar-refractivity contribution in [1.82, 2.24) is 14.3 Å². The van der Waals surface area contributed by atoms with Crippen LogP contribution in [0.3, 0.4) is 0 Å². The molecule has 1 saturated heterocycles. The minimum absolute atomic E-state index is 0.271. The Hall–Kier alpha value is -2.55. The topological polar surface area (TPSA) is 76.3 Å². The van der Waals surface area contributed by atoms with E-state index >= 15 is 0 Å². The zero-order valence-corrected chi connectivity index (χ0v) is 18.3. The zero-order chi connectivity index (χ0) is 20.7. The summed E-state index contributed by atoms with van der Waals surface area (Å²) in [6, 6.07) is 15.9. The SMILES string of the molecule is O=S(=O)(c1ccc(Br)cc1)N1CCC[C@@H]1c1nc2cc(-c3cccnc3)ccc2o1. The van der Waals surface area contributed by atoms with Crippen molar-refractivity contribution in [3.63, 3.8) is 0 Å². The number of benzene rings is 2. The number of hydrogen-bond acceptors (Lipinski definition) is 5. The highest BCUT2D eigenvalue weighted by molar-refractivity contribution is 9.10. The minimum Gasteiger partial charge on any atom is -0.439 e. The highest BCUT2D eigenvalue weighted by atomic mass is 79.9. The smallest absolute Gasteiger partial charge is 0.243 e. The summed E-state index contributed by atoms with van der Waals surface area (Å²) in [6.45, 7) is 0.447. The van der Waals surface area contributed by atoms with Gasteiger partial charge >= 0.3 is 0 Å². The van der Waals surface area contributed by atoms with E-state index in [0.717, 1.165) is 22.0 Å². The molecule has 0 saturated carbocycles. The molecular weight excluding hydrogens is 466 g/mol. The van der Waals surface area contributed by atoms with Crippen LogP contribution >= 0.6 is 15.9 Å². The molecule has 152 valence electrons. The average Bonchev–Trinajstić information content (AvgIpc) is 3.41. The fourth-order valence-corrected chi connectivity index (χ4v) is 5.73. The lowest BCUT2D eigenvalue weighted by Crippen LogP contribution is -2.30. The summed E-state index contributed by atoms with van der Waals surface area (Å²) < 4.78 is 34.8. The van der Waals surface area contributed by atoms with Crippen LogP contribution in [-0.4, -0.2) is 29.2 Å². The molecule has 0 bridgehead atoms. The van der Waals surface area contributed by atoms with E-state index in [4.69, 9.17) is 4.42 Å². The lowest BCUT2D eigenvalue weighted by Gasteiger charge is -2.21. The predicted octanol–water partition coefficient (Wildman–Crippen LogP) is 5.18. The van der Waals surface area contributed by atoms with Crippen molar-refractivity contribution in [3.05, 3.63) is 77.4 Å². The Morgan fingerprint density at radius 3 is 2.67 bits per heavy atom. The maximum Gasteiger partial charge on any atom is 0.243 e. The second kappa shape index (κ2) is 7.61. The molecule has 2 aromatic carbocycles. The number of oxazole rings is 1. The minimum atomic E-state index is -3.64. The van der Waals surface area contributed by atoms with Crippen molar-refractivity contribution in [2.75, 3.05) is 6.54 Å². The molecule has 6 nitrogen and oxygen atoms in total. The van der Waals surface area contributed by atoms with Gasteiger partial charge in [0.1, 0.15) is 11.6 Å². The second-order valence-electron chi connectivity index (χ2n) is 7.20. The summed E-state index contributed by atoms with van der Waals surface area (Å²) >= 11 is 3.35. The van der Waals surface area contributed by atoms with Gasteiger partial charge in [0.05, 0.1) is 4.90 Å². The maximum atomic E-state index is 13.2. The maximum absolute atomic E-state index is 13.2. The molecule has 1 aliphatic heterocycles. The van der Waals surface area contributed by atoms with Crippen molar-refractivity contribution < 1.29 is 12.8 Å². The molecule has 8 heteroatoms. The molecule has 1 aliphatic rings. The summed E-state index contributed by atoms with van der Waals surface area (Å²) in [6.07, 6.45) is 4.97. The van der Waals surface area contributed by atoms with E-state index in [1.165, 1.54) is 4.31 Å². The first-order chi connectivity index (χ1) is 14.5. The van der Waals surface area contributed by atoms with E-state index in [2.05, 4.69) is 25.9 Å². The first-order valence-corrected chi connectivity index (χ1v) is 11.8. The van der Waals surface area contributed by atoms with Gasteiger partial charge in [-0.05, 0) is 60.9 Å². The quantitative estimate of drug-likeness (QED) is 0.399. The molecule has 0 amide bonds. The Bertz CT molecular complexity index is 1300. The molecule has 0 unspecified atom stereocenters. The van der Waals surface area contributed by atoms with E-state index < -0.39 is 16.1 Å². The molecule has 0 spiro atoms. The van der Waals surface area contributed by atoms with Crippen LogP contribution in [0.4, 0.5) is 0 Å². The Kier molecular flexibility index (Phi) is 4.92. The normalized spacial score (nSPS) is 17.6. The molecule has 1 fully saturated rings. The van der Waals surface area contributed by atoms with Crippen LogP contribution in [0.15, 0.2) is 80.8 Å². The summed E-state index contributed by atoms with van der Waals surface area (Å²) in [7, 11) is -3.64. The number of sulfonamides is 1. The van der Waals surface area contributed by atoms with Crippen molar-refractivity contribution >= 4 is 37.1 Å². The van der Waals surface area contributed by atoms with Gasteiger partial charge in [0.2, 0.25) is 15.9 Å². The molecule has 30 heavy (non-hydrogen) atoms. The third-order valence-electron chi connectivity index (χ3n) is 5.31. The van der Waals surface area contributed by atoms with Crippen molar-refractivity contribution in [2.24, 2.45) is 0 Å². The summed E-state index contributed by atoms with van der Waals surface area (Å²) in [5.41, 5.74) is 3.33. The molecule has 2 aromatic heterocycles. The number of pyridine rings is 1. The standard InChI is InChI=1S/C22H18BrN3O3S/c23-17-6-8-18(9-7-17)30(27,28)26-12-2-4-20(26)22-25-19-13-15(5-10-21(19)29-22)16-3-1-11-24-14-16/h1,3,5-11,13-14,20H,2,4,12H2/t20-/m1/s1. The number of rotatable bonds is 4. The highest BCUT2D eigenvalue weighted by Crippen LogP contribution is 2.38. The molecule has 3 heterocycles. The first kappa shape index (κ1) is 19.4. The van der Waals surface area contributed by atoms with Gasteiger partial charge in [0.25, 0.3) is 0 Å². The number of hydrogen-bond donors (Lipinski definition) is 0. The largest absolute Gasteiger partial charge is 0.439 e. The highest BCUT2D eigenvalue weighted by Gasteiger charge is 2.39. The van der Waals surface area contributed by atoms with E-state index in [1.54, 1.807) is 36.7 Å². The second-order valence-corrected chi connectivity index (χ2v) is 10.0. The number of halogens is 1. The van der Waals surface area contributed by atoms with Crippen LogP contribution in [0, 0.1) is 0 Å². The molecule has 1 atom stereocenters. The van der Waals surface area contributed by atoms with Crippen LogP contribution < -0.4 is 0 Å². The van der Waals surface area contributed by atoms with Gasteiger partial charge in [0, 0.05) is 29.0 Å². The number of fused-ring (bicyclic) bond motifs is 1. The van der Waals surface area contributed by atoms with Gasteiger partial charge in [-0.25, -0.2) is 13.4 Å². The molecule has 0 N–H and O–H groups in total. The van der Waals surface area contributed by atoms with Gasteiger partial charge in [-0.2, -0.15) is 4.31 Å². The van der Waals surface area contributed by atoms with Crippen molar-refractivity contribution in [1.29, 1.82) is 0 Å². The third-order valence-corrected chi connectivity index (χ3v) is 7.76. The Morgan fingerprint density at radius 1 is 1.07 bits per heavy atom. The molecular formula is C22H18BrN3O3S. The molecule has 5 rings (SSSR count). The Morgan fingerprint density at radius 2 is 1.90 bits per heavy atom. The van der Waals surface area contributed by atoms with Crippen LogP contribution in [0.25, 0.3) is 22.2 Å². The van der Waals surface area contributed by atoms with E-state index in [-0.39, 0.29) is 4.90 Å². The average molecular weight is 484 g/mol. The third kappa shape index (κ3) is 3.45. The van der Waals surface area contributed by atoms with Gasteiger partial charge < -0.3 is 4.42 Å². The molecule has 0 radical (unpaired) electrons. The summed E-state index contributed by atoms with van der Waals surface area (Å²) in [4.78, 5) is 9.08. The lowest BCUT2D eigenvalue weighted by atomic mass is 10.1. The summed E-state index contributed by atoms with van der Waals surface area (Å²) in [5, 5.41) is 0. The van der Waals surface area contributed by atoms with Gasteiger partial charge in [-0.1, -0.05) is 28.1 Å².